The van der Waals surface area contributed by atoms with Crippen molar-refractivity contribution >= 4 is 5.69 Å². The van der Waals surface area contributed by atoms with Gasteiger partial charge >= 0.3 is 0 Å². The van der Waals surface area contributed by atoms with Crippen LogP contribution in [0, 0.1) is 22.5 Å². The molecule has 0 saturated heterocycles. The number of para-hydroxylation sites is 1. The molecule has 0 aliphatic carbocycles. The van der Waals surface area contributed by atoms with Gasteiger partial charge in [0.25, 0.3) is 5.69 Å². The number of unbranched alkanes of at least 4 members (excludes halogenated alkanes) is 2. The van der Waals surface area contributed by atoms with E-state index < -0.39 is 0 Å². The molecule has 17 heavy (non-hydrogen) atoms. The SMILES string of the molecule is C#CCCCCNCc1ccccc1[N+](=O)[O-]. The molecular weight excluding hydrogens is 216 g/mol. The number of terminal acetylenes is 1. The minimum atomic E-state index is -0.352. The number of nitrogens with zero attached hydrogens (tertiary/aromatic N) is 1. The standard InChI is InChI=1S/C13H16N2O2/c1-2-3-4-7-10-14-11-12-8-5-6-9-13(12)15(16)17/h1,5-6,8-9,14H,3-4,7,10-11H2. The Bertz CT molecular complexity index is 410. The van der Waals surface area contributed by atoms with Crippen LogP contribution in [-0.2, 0) is 6.54 Å². The highest BCUT2D eigenvalue weighted by atomic mass is 16.6. The van der Waals surface area contributed by atoms with Crippen LogP contribution in [0.2, 0.25) is 0 Å². The molecule has 1 N–H and O–H groups in total. The van der Waals surface area contributed by atoms with Crippen molar-refractivity contribution in [1.29, 1.82) is 0 Å². The van der Waals surface area contributed by atoms with Gasteiger partial charge in [0.15, 0.2) is 0 Å². The predicted molar refractivity (Wildman–Crippen MR) is 67.5 cm³/mol. The molecule has 0 aliphatic heterocycles. The van der Waals surface area contributed by atoms with Gasteiger partial charge in [-0.3, -0.25) is 10.1 Å². The van der Waals surface area contributed by atoms with Gasteiger partial charge in [-0.05, 0) is 19.4 Å². The number of hydrogen-bond donors (Lipinski definition) is 1. The van der Waals surface area contributed by atoms with E-state index in [0.717, 1.165) is 31.4 Å². The third-order valence-corrected chi connectivity index (χ3v) is 2.43. The van der Waals surface area contributed by atoms with Crippen molar-refractivity contribution in [2.45, 2.75) is 25.8 Å². The normalized spacial score (nSPS) is 9.82. The zero-order valence-electron chi connectivity index (χ0n) is 9.69. The second-order valence-electron chi connectivity index (χ2n) is 3.72. The molecule has 0 amide bonds. The van der Waals surface area contributed by atoms with Gasteiger partial charge in [-0.1, -0.05) is 18.2 Å². The molecule has 1 rings (SSSR count). The summed E-state index contributed by atoms with van der Waals surface area (Å²) in [6.07, 6.45) is 7.90. The number of nitrogens with one attached hydrogen (secondary N) is 1. The van der Waals surface area contributed by atoms with E-state index in [-0.39, 0.29) is 10.6 Å². The van der Waals surface area contributed by atoms with Crippen LogP contribution in [0.4, 0.5) is 5.69 Å². The lowest BCUT2D eigenvalue weighted by molar-refractivity contribution is -0.385. The Kier molecular flexibility index (Phi) is 5.76. The van der Waals surface area contributed by atoms with Crippen molar-refractivity contribution in [3.05, 3.63) is 39.9 Å². The lowest BCUT2D eigenvalue weighted by atomic mass is 10.2. The zero-order chi connectivity index (χ0) is 12.5. The van der Waals surface area contributed by atoms with E-state index in [1.54, 1.807) is 12.1 Å². The van der Waals surface area contributed by atoms with Gasteiger partial charge in [0.05, 0.1) is 4.92 Å². The van der Waals surface area contributed by atoms with Crippen molar-refractivity contribution < 1.29 is 4.92 Å². The molecular formula is C13H16N2O2. The first kappa shape index (κ1) is 13.2. The van der Waals surface area contributed by atoms with Crippen LogP contribution in [0.15, 0.2) is 24.3 Å². The molecule has 0 fully saturated rings. The van der Waals surface area contributed by atoms with Gasteiger partial charge in [0, 0.05) is 24.6 Å². The molecule has 0 aromatic heterocycles. The molecule has 0 atom stereocenters. The fourth-order valence-corrected chi connectivity index (χ4v) is 1.54. The van der Waals surface area contributed by atoms with Crippen molar-refractivity contribution in [3.63, 3.8) is 0 Å². The van der Waals surface area contributed by atoms with Crippen LogP contribution < -0.4 is 5.32 Å². The van der Waals surface area contributed by atoms with E-state index in [0.29, 0.717) is 6.54 Å². The summed E-state index contributed by atoms with van der Waals surface area (Å²) in [5, 5.41) is 13.9. The first-order valence-electron chi connectivity index (χ1n) is 5.62. The summed E-state index contributed by atoms with van der Waals surface area (Å²) in [5.74, 6) is 2.58. The number of benzene rings is 1. The highest BCUT2D eigenvalue weighted by Gasteiger charge is 2.10. The maximum absolute atomic E-state index is 10.8. The number of rotatable bonds is 7. The molecule has 0 radical (unpaired) electrons. The van der Waals surface area contributed by atoms with Crippen LogP contribution >= 0.6 is 0 Å². The van der Waals surface area contributed by atoms with Gasteiger partial charge in [-0.25, -0.2) is 0 Å². The summed E-state index contributed by atoms with van der Waals surface area (Å²) < 4.78 is 0. The molecule has 4 nitrogen and oxygen atoms in total. The molecule has 0 heterocycles. The monoisotopic (exact) mass is 232 g/mol. The lowest BCUT2D eigenvalue weighted by Crippen LogP contribution is -2.15. The highest BCUT2D eigenvalue weighted by Crippen LogP contribution is 2.16. The van der Waals surface area contributed by atoms with Crippen LogP contribution in [0.3, 0.4) is 0 Å². The average molecular weight is 232 g/mol. The van der Waals surface area contributed by atoms with Gasteiger partial charge in [-0.2, -0.15) is 0 Å². The Hall–Kier alpha value is -1.86. The quantitative estimate of drug-likeness (QED) is 0.340. The Balaban J connectivity index is 2.37. The molecule has 1 aromatic rings. The summed E-state index contributed by atoms with van der Waals surface area (Å²) >= 11 is 0. The van der Waals surface area contributed by atoms with Gasteiger partial charge < -0.3 is 5.32 Å². The number of nitro groups is 1. The molecule has 4 heteroatoms. The maximum atomic E-state index is 10.8. The Labute approximate surface area is 101 Å². The zero-order valence-corrected chi connectivity index (χ0v) is 9.69. The van der Waals surface area contributed by atoms with Crippen molar-refractivity contribution in [3.8, 4) is 12.3 Å². The van der Waals surface area contributed by atoms with Crippen LogP contribution in [-0.4, -0.2) is 11.5 Å². The summed E-state index contributed by atoms with van der Waals surface area (Å²) in [5.41, 5.74) is 0.887. The van der Waals surface area contributed by atoms with E-state index in [2.05, 4.69) is 11.2 Å². The summed E-state index contributed by atoms with van der Waals surface area (Å²) in [6.45, 7) is 1.35. The Morgan fingerprint density at radius 3 is 2.82 bits per heavy atom. The fourth-order valence-electron chi connectivity index (χ4n) is 1.54. The van der Waals surface area contributed by atoms with Crippen molar-refractivity contribution in [2.24, 2.45) is 0 Å². The lowest BCUT2D eigenvalue weighted by Gasteiger charge is -2.04. The topological polar surface area (TPSA) is 55.2 Å². The van der Waals surface area contributed by atoms with E-state index in [9.17, 15) is 10.1 Å². The third kappa shape index (κ3) is 4.66. The van der Waals surface area contributed by atoms with Crippen molar-refractivity contribution in [1.82, 2.24) is 5.32 Å². The van der Waals surface area contributed by atoms with E-state index >= 15 is 0 Å². The molecule has 0 unspecified atom stereocenters. The molecule has 0 bridgehead atoms. The summed E-state index contributed by atoms with van der Waals surface area (Å²) in [7, 11) is 0. The first-order chi connectivity index (χ1) is 8.25. The van der Waals surface area contributed by atoms with E-state index in [1.807, 2.05) is 6.07 Å². The van der Waals surface area contributed by atoms with Crippen molar-refractivity contribution in [2.75, 3.05) is 6.54 Å². The summed E-state index contributed by atoms with van der Waals surface area (Å²) in [4.78, 5) is 10.4. The molecule has 0 saturated carbocycles. The van der Waals surface area contributed by atoms with Gasteiger partial charge in [-0.15, -0.1) is 12.3 Å². The number of hydrogen-bond acceptors (Lipinski definition) is 3. The average Bonchev–Trinajstić information content (AvgIpc) is 2.34. The second kappa shape index (κ2) is 7.42. The maximum Gasteiger partial charge on any atom is 0.273 e. The molecule has 0 aliphatic rings. The fraction of sp³-hybridized carbons (Fsp3) is 0.385. The summed E-state index contributed by atoms with van der Waals surface area (Å²) in [6, 6.07) is 6.78. The first-order valence-corrected chi connectivity index (χ1v) is 5.62. The third-order valence-electron chi connectivity index (χ3n) is 2.43. The van der Waals surface area contributed by atoms with Gasteiger partial charge in [0.2, 0.25) is 0 Å². The molecule has 1 aromatic carbocycles. The van der Waals surface area contributed by atoms with Crippen LogP contribution in [0.5, 0.6) is 0 Å². The second-order valence-corrected chi connectivity index (χ2v) is 3.72. The largest absolute Gasteiger partial charge is 0.312 e. The van der Waals surface area contributed by atoms with E-state index in [4.69, 9.17) is 6.42 Å². The van der Waals surface area contributed by atoms with Crippen LogP contribution in [0.1, 0.15) is 24.8 Å². The van der Waals surface area contributed by atoms with Crippen LogP contribution in [0.25, 0.3) is 0 Å². The highest BCUT2D eigenvalue weighted by molar-refractivity contribution is 5.39. The smallest absolute Gasteiger partial charge is 0.273 e. The molecule has 0 spiro atoms. The minimum absolute atomic E-state index is 0.170. The number of nitro benzene ring substituents is 1. The van der Waals surface area contributed by atoms with E-state index in [1.165, 1.54) is 6.07 Å². The predicted octanol–water partition coefficient (Wildman–Crippen LogP) is 2.49. The Morgan fingerprint density at radius 2 is 2.12 bits per heavy atom. The Morgan fingerprint density at radius 1 is 1.35 bits per heavy atom. The van der Waals surface area contributed by atoms with Gasteiger partial charge in [0.1, 0.15) is 0 Å². The minimum Gasteiger partial charge on any atom is -0.312 e. The molecule has 90 valence electrons.